The minimum absolute atomic E-state index is 0.806. The first-order valence-corrected chi connectivity index (χ1v) is 2.82. The molecule has 0 atom stereocenters. The minimum atomic E-state index is -0.806. The zero-order chi connectivity index (χ0) is 7.82. The lowest BCUT2D eigenvalue weighted by Gasteiger charge is -2.09. The van der Waals surface area contributed by atoms with Gasteiger partial charge in [0.05, 0.1) is 0 Å². The second kappa shape index (κ2) is 6.94. The minimum Gasteiger partial charge on any atom is -0.299 e. The Kier molecular flexibility index (Phi) is 6.82. The quantitative estimate of drug-likeness (QED) is 0.313. The molecule has 3 N–H and O–H groups in total. The van der Waals surface area contributed by atoms with Crippen LogP contribution in [0, 0.1) is 0 Å². The summed E-state index contributed by atoms with van der Waals surface area (Å²) in [5, 5.41) is 0. The number of hydrogen-bond acceptors (Lipinski definition) is 6. The summed E-state index contributed by atoms with van der Waals surface area (Å²) in [5.41, 5.74) is 7.22. The van der Waals surface area contributed by atoms with Crippen molar-refractivity contribution in [2.24, 2.45) is 0 Å². The van der Waals surface area contributed by atoms with Crippen molar-refractivity contribution in [1.82, 2.24) is 16.4 Å². The summed E-state index contributed by atoms with van der Waals surface area (Å²) in [4.78, 5) is 0. The first-order valence-electron chi connectivity index (χ1n) is 2.82. The number of hydroxylamine groups is 3. The maximum Gasteiger partial charge on any atom is 0.692 e. The van der Waals surface area contributed by atoms with Gasteiger partial charge in [-0.1, -0.05) is 0 Å². The average molecular weight is 149 g/mol. The summed E-state index contributed by atoms with van der Waals surface area (Å²) in [6, 6.07) is 0. The summed E-state index contributed by atoms with van der Waals surface area (Å²) in [6.45, 7) is 0. The molecule has 6 nitrogen and oxygen atoms in total. The van der Waals surface area contributed by atoms with Crippen LogP contribution in [-0.4, -0.2) is 28.5 Å². The fourth-order valence-electron chi connectivity index (χ4n) is 0.361. The largest absolute Gasteiger partial charge is 0.692 e. The van der Waals surface area contributed by atoms with E-state index in [4.69, 9.17) is 14.3 Å². The van der Waals surface area contributed by atoms with Crippen LogP contribution in [0.1, 0.15) is 0 Å². The SMILES string of the molecule is CNOB(ONC)ONC. The molecule has 0 fully saturated rings. The average Bonchev–Trinajstić information content (AvgIpc) is 1.90. The molecule has 0 heterocycles. The molecule has 0 bridgehead atoms. The van der Waals surface area contributed by atoms with Gasteiger partial charge < -0.3 is 0 Å². The second-order valence-corrected chi connectivity index (χ2v) is 1.25. The van der Waals surface area contributed by atoms with Crippen LogP contribution < -0.4 is 16.4 Å². The molecule has 0 aromatic heterocycles. The van der Waals surface area contributed by atoms with E-state index in [1.54, 1.807) is 21.1 Å². The summed E-state index contributed by atoms with van der Waals surface area (Å²) < 4.78 is 14.1. The molecule has 0 aliphatic heterocycles. The highest BCUT2D eigenvalue weighted by atomic mass is 16.9. The summed E-state index contributed by atoms with van der Waals surface area (Å²) >= 11 is 0. The second-order valence-electron chi connectivity index (χ2n) is 1.25. The lowest BCUT2D eigenvalue weighted by Crippen LogP contribution is -2.38. The Labute approximate surface area is 60.2 Å². The van der Waals surface area contributed by atoms with E-state index in [2.05, 4.69) is 16.4 Å². The van der Waals surface area contributed by atoms with E-state index >= 15 is 0 Å². The van der Waals surface area contributed by atoms with E-state index in [0.29, 0.717) is 0 Å². The van der Waals surface area contributed by atoms with Crippen molar-refractivity contribution in [3.63, 3.8) is 0 Å². The third-order valence-corrected chi connectivity index (χ3v) is 0.642. The van der Waals surface area contributed by atoms with Gasteiger partial charge in [-0.2, -0.15) is 0 Å². The first-order chi connectivity index (χ1) is 4.85. The van der Waals surface area contributed by atoms with Gasteiger partial charge in [-0.3, -0.25) is 14.3 Å². The van der Waals surface area contributed by atoms with E-state index in [1.807, 2.05) is 0 Å². The highest BCUT2D eigenvalue weighted by Gasteiger charge is 2.20. The van der Waals surface area contributed by atoms with Gasteiger partial charge in [0.25, 0.3) is 0 Å². The number of nitrogens with one attached hydrogen (secondary N) is 3. The maximum atomic E-state index is 4.70. The molecule has 0 rings (SSSR count). The van der Waals surface area contributed by atoms with Crippen molar-refractivity contribution in [1.29, 1.82) is 0 Å². The maximum absolute atomic E-state index is 4.70. The summed E-state index contributed by atoms with van der Waals surface area (Å²) in [7, 11) is 4.00. The van der Waals surface area contributed by atoms with Crippen LogP contribution >= 0.6 is 0 Å². The van der Waals surface area contributed by atoms with Crippen molar-refractivity contribution >= 4 is 7.32 Å². The smallest absolute Gasteiger partial charge is 0.299 e. The molecular formula is C3H12BN3O3. The van der Waals surface area contributed by atoms with Crippen LogP contribution in [0.2, 0.25) is 0 Å². The molecule has 0 saturated heterocycles. The molecule has 0 aromatic carbocycles. The van der Waals surface area contributed by atoms with E-state index in [1.165, 1.54) is 0 Å². The van der Waals surface area contributed by atoms with E-state index < -0.39 is 7.32 Å². The van der Waals surface area contributed by atoms with Crippen LogP contribution in [0.5, 0.6) is 0 Å². The standard InChI is InChI=1S/C3H12BN3O3/c1-5-8-4(9-6-2)10-7-3/h5-7H,1-3H3. The van der Waals surface area contributed by atoms with Gasteiger partial charge in [0, 0.05) is 21.1 Å². The van der Waals surface area contributed by atoms with Crippen molar-refractivity contribution in [2.75, 3.05) is 21.1 Å². The van der Waals surface area contributed by atoms with Gasteiger partial charge in [0.2, 0.25) is 0 Å². The first kappa shape index (κ1) is 9.82. The Bertz CT molecular complexity index is 61.7. The van der Waals surface area contributed by atoms with Crippen LogP contribution in [0.3, 0.4) is 0 Å². The van der Waals surface area contributed by atoms with Crippen LogP contribution in [0.25, 0.3) is 0 Å². The molecule has 10 heavy (non-hydrogen) atoms. The van der Waals surface area contributed by atoms with Crippen LogP contribution in [0.4, 0.5) is 0 Å². The third kappa shape index (κ3) is 4.68. The van der Waals surface area contributed by atoms with E-state index in [9.17, 15) is 0 Å². The van der Waals surface area contributed by atoms with Crippen molar-refractivity contribution < 1.29 is 14.3 Å². The van der Waals surface area contributed by atoms with Crippen LogP contribution in [0.15, 0.2) is 0 Å². The Morgan fingerprint density at radius 1 is 0.800 bits per heavy atom. The van der Waals surface area contributed by atoms with Gasteiger partial charge in [0.1, 0.15) is 0 Å². The van der Waals surface area contributed by atoms with Gasteiger partial charge >= 0.3 is 7.32 Å². The van der Waals surface area contributed by atoms with Gasteiger partial charge in [0.15, 0.2) is 0 Å². The van der Waals surface area contributed by atoms with Crippen molar-refractivity contribution in [3.8, 4) is 0 Å². The normalized spacial score (nSPS) is 9.90. The Hall–Kier alpha value is -0.175. The summed E-state index contributed by atoms with van der Waals surface area (Å²) in [6.07, 6.45) is 0. The molecule has 7 heteroatoms. The van der Waals surface area contributed by atoms with Gasteiger partial charge in [-0.05, 0) is 0 Å². The Morgan fingerprint density at radius 3 is 1.30 bits per heavy atom. The van der Waals surface area contributed by atoms with E-state index in [0.717, 1.165) is 0 Å². The van der Waals surface area contributed by atoms with E-state index in [-0.39, 0.29) is 0 Å². The third-order valence-electron chi connectivity index (χ3n) is 0.642. The molecule has 0 amide bonds. The summed E-state index contributed by atoms with van der Waals surface area (Å²) in [5.74, 6) is 0. The zero-order valence-electron chi connectivity index (χ0n) is 6.30. The predicted molar refractivity (Wildman–Crippen MR) is 36.2 cm³/mol. The Morgan fingerprint density at radius 2 is 1.10 bits per heavy atom. The number of rotatable bonds is 6. The highest BCUT2D eigenvalue weighted by Crippen LogP contribution is 1.81. The topological polar surface area (TPSA) is 63.8 Å². The highest BCUT2D eigenvalue weighted by molar-refractivity contribution is 6.35. The van der Waals surface area contributed by atoms with Gasteiger partial charge in [-0.25, -0.2) is 16.4 Å². The molecule has 0 spiro atoms. The molecule has 0 aromatic rings. The lowest BCUT2D eigenvalue weighted by atomic mass is 10.3. The molecule has 0 radical (unpaired) electrons. The zero-order valence-corrected chi connectivity index (χ0v) is 6.30. The Balaban J connectivity index is 3.30. The van der Waals surface area contributed by atoms with Crippen LogP contribution in [-0.2, 0) is 14.3 Å². The lowest BCUT2D eigenvalue weighted by molar-refractivity contribution is 0.00881. The fourth-order valence-corrected chi connectivity index (χ4v) is 0.361. The molecular weight excluding hydrogens is 137 g/mol. The fraction of sp³-hybridized carbons (Fsp3) is 1.00. The predicted octanol–water partition coefficient (Wildman–Crippen LogP) is -1.58. The monoisotopic (exact) mass is 149 g/mol. The molecule has 0 aliphatic rings. The van der Waals surface area contributed by atoms with Crippen molar-refractivity contribution in [3.05, 3.63) is 0 Å². The molecule has 0 saturated carbocycles. The molecule has 0 aliphatic carbocycles. The molecule has 0 unspecified atom stereocenters. The van der Waals surface area contributed by atoms with Crippen molar-refractivity contribution in [2.45, 2.75) is 0 Å². The number of hydrogen-bond donors (Lipinski definition) is 3. The van der Waals surface area contributed by atoms with Gasteiger partial charge in [-0.15, -0.1) is 0 Å². The molecule has 60 valence electrons.